The predicted octanol–water partition coefficient (Wildman–Crippen LogP) is 2.39. The first-order valence-electron chi connectivity index (χ1n) is 5.98. The summed E-state index contributed by atoms with van der Waals surface area (Å²) in [6, 6.07) is 5.41. The SMILES string of the molecule is CNc1cc(C)ncc1C(=O)Nc1ccnc(C)c1. The van der Waals surface area contributed by atoms with E-state index >= 15 is 0 Å². The summed E-state index contributed by atoms with van der Waals surface area (Å²) in [5.41, 5.74) is 3.72. The van der Waals surface area contributed by atoms with E-state index in [1.54, 1.807) is 25.5 Å². The molecule has 5 heteroatoms. The molecule has 0 saturated carbocycles. The number of nitrogens with one attached hydrogen (secondary N) is 2. The molecule has 98 valence electrons. The van der Waals surface area contributed by atoms with Crippen molar-refractivity contribution in [2.24, 2.45) is 0 Å². The Labute approximate surface area is 112 Å². The van der Waals surface area contributed by atoms with E-state index in [-0.39, 0.29) is 5.91 Å². The summed E-state index contributed by atoms with van der Waals surface area (Å²) >= 11 is 0. The second-order valence-corrected chi connectivity index (χ2v) is 4.26. The molecule has 0 unspecified atom stereocenters. The van der Waals surface area contributed by atoms with Crippen molar-refractivity contribution in [3.8, 4) is 0 Å². The fourth-order valence-corrected chi connectivity index (χ4v) is 1.77. The van der Waals surface area contributed by atoms with Crippen LogP contribution in [0.2, 0.25) is 0 Å². The minimum absolute atomic E-state index is 0.192. The van der Waals surface area contributed by atoms with Crippen molar-refractivity contribution >= 4 is 17.3 Å². The van der Waals surface area contributed by atoms with Gasteiger partial charge in [-0.25, -0.2) is 0 Å². The van der Waals surface area contributed by atoms with Gasteiger partial charge in [-0.1, -0.05) is 0 Å². The maximum atomic E-state index is 12.2. The van der Waals surface area contributed by atoms with E-state index < -0.39 is 0 Å². The number of nitrogens with zero attached hydrogens (tertiary/aromatic N) is 2. The van der Waals surface area contributed by atoms with E-state index in [0.717, 1.165) is 22.8 Å². The normalized spacial score (nSPS) is 10.1. The van der Waals surface area contributed by atoms with E-state index in [1.165, 1.54) is 0 Å². The molecule has 0 aliphatic rings. The highest BCUT2D eigenvalue weighted by Crippen LogP contribution is 2.17. The Hall–Kier alpha value is -2.43. The first kappa shape index (κ1) is 13.0. The summed E-state index contributed by atoms with van der Waals surface area (Å²) in [6.07, 6.45) is 3.24. The Morgan fingerprint density at radius 3 is 2.58 bits per heavy atom. The van der Waals surface area contributed by atoms with Crippen LogP contribution in [0.3, 0.4) is 0 Å². The molecule has 0 radical (unpaired) electrons. The molecule has 0 spiro atoms. The van der Waals surface area contributed by atoms with Gasteiger partial charge in [0.2, 0.25) is 0 Å². The molecule has 19 heavy (non-hydrogen) atoms. The summed E-state index contributed by atoms with van der Waals surface area (Å²) in [6.45, 7) is 3.76. The quantitative estimate of drug-likeness (QED) is 0.884. The van der Waals surface area contributed by atoms with Crippen molar-refractivity contribution in [3.63, 3.8) is 0 Å². The summed E-state index contributed by atoms with van der Waals surface area (Å²) in [5, 5.41) is 5.84. The first-order valence-corrected chi connectivity index (χ1v) is 5.98. The van der Waals surface area contributed by atoms with Crippen molar-refractivity contribution in [1.82, 2.24) is 9.97 Å². The van der Waals surface area contributed by atoms with Crippen LogP contribution in [-0.2, 0) is 0 Å². The van der Waals surface area contributed by atoms with Gasteiger partial charge in [0.25, 0.3) is 5.91 Å². The summed E-state index contributed by atoms with van der Waals surface area (Å²) in [5.74, 6) is -0.192. The van der Waals surface area contributed by atoms with Crippen LogP contribution in [0.1, 0.15) is 21.7 Å². The lowest BCUT2D eigenvalue weighted by molar-refractivity contribution is 0.102. The Kier molecular flexibility index (Phi) is 3.75. The van der Waals surface area contributed by atoms with Gasteiger partial charge in [0, 0.05) is 36.5 Å². The highest BCUT2D eigenvalue weighted by molar-refractivity contribution is 6.07. The molecule has 5 nitrogen and oxygen atoms in total. The van der Waals surface area contributed by atoms with Crippen molar-refractivity contribution < 1.29 is 4.79 Å². The van der Waals surface area contributed by atoms with Crippen molar-refractivity contribution in [2.45, 2.75) is 13.8 Å². The third kappa shape index (κ3) is 3.07. The maximum Gasteiger partial charge on any atom is 0.259 e. The lowest BCUT2D eigenvalue weighted by atomic mass is 10.2. The Morgan fingerprint density at radius 2 is 1.89 bits per heavy atom. The molecule has 2 N–H and O–H groups in total. The Bertz CT molecular complexity index is 610. The molecule has 0 atom stereocenters. The van der Waals surface area contributed by atoms with Gasteiger partial charge in [0.05, 0.1) is 11.3 Å². The van der Waals surface area contributed by atoms with E-state index in [1.807, 2.05) is 26.0 Å². The number of pyridine rings is 2. The fraction of sp³-hybridized carbons (Fsp3) is 0.214. The van der Waals surface area contributed by atoms with E-state index in [0.29, 0.717) is 5.56 Å². The van der Waals surface area contributed by atoms with Crippen LogP contribution in [0.5, 0.6) is 0 Å². The minimum atomic E-state index is -0.192. The van der Waals surface area contributed by atoms with Crippen LogP contribution in [-0.4, -0.2) is 22.9 Å². The molecule has 0 fully saturated rings. The lowest BCUT2D eigenvalue weighted by Crippen LogP contribution is -2.14. The van der Waals surface area contributed by atoms with Gasteiger partial charge in [0.1, 0.15) is 0 Å². The summed E-state index contributed by atoms with van der Waals surface area (Å²) in [4.78, 5) is 20.4. The number of amides is 1. The number of aromatic nitrogens is 2. The fourth-order valence-electron chi connectivity index (χ4n) is 1.77. The zero-order valence-corrected chi connectivity index (χ0v) is 11.2. The van der Waals surface area contributed by atoms with Crippen LogP contribution in [0.15, 0.2) is 30.6 Å². The lowest BCUT2D eigenvalue weighted by Gasteiger charge is -2.10. The van der Waals surface area contributed by atoms with Gasteiger partial charge < -0.3 is 10.6 Å². The zero-order valence-electron chi connectivity index (χ0n) is 11.2. The number of carbonyl (C=O) groups excluding carboxylic acids is 1. The molecule has 0 aliphatic carbocycles. The molecule has 1 amide bonds. The highest BCUT2D eigenvalue weighted by atomic mass is 16.1. The van der Waals surface area contributed by atoms with Crippen molar-refractivity contribution in [1.29, 1.82) is 0 Å². The number of hydrogen-bond acceptors (Lipinski definition) is 4. The van der Waals surface area contributed by atoms with Crippen LogP contribution in [0, 0.1) is 13.8 Å². The average Bonchev–Trinajstić information content (AvgIpc) is 2.38. The number of rotatable bonds is 3. The predicted molar refractivity (Wildman–Crippen MR) is 75.4 cm³/mol. The number of aryl methyl sites for hydroxylation is 2. The smallest absolute Gasteiger partial charge is 0.259 e. The largest absolute Gasteiger partial charge is 0.387 e. The van der Waals surface area contributed by atoms with Crippen LogP contribution < -0.4 is 10.6 Å². The summed E-state index contributed by atoms with van der Waals surface area (Å²) in [7, 11) is 1.78. The van der Waals surface area contributed by atoms with Gasteiger partial charge in [-0.2, -0.15) is 0 Å². The molecule has 2 aromatic heterocycles. The third-order valence-electron chi connectivity index (χ3n) is 2.71. The van der Waals surface area contributed by atoms with Crippen molar-refractivity contribution in [2.75, 3.05) is 17.7 Å². The number of hydrogen-bond donors (Lipinski definition) is 2. The molecule has 0 bridgehead atoms. The first-order chi connectivity index (χ1) is 9.10. The molecule has 2 rings (SSSR count). The standard InChI is InChI=1S/C14H16N4O/c1-9-6-11(4-5-16-9)18-14(19)12-8-17-10(2)7-13(12)15-3/h4-8H,1-3H3,(H,15,17)(H,16,18,19). The average molecular weight is 256 g/mol. The van der Waals surface area contributed by atoms with Gasteiger partial charge >= 0.3 is 0 Å². The highest BCUT2D eigenvalue weighted by Gasteiger charge is 2.12. The molecular weight excluding hydrogens is 240 g/mol. The van der Waals surface area contributed by atoms with Gasteiger partial charge in [-0.3, -0.25) is 14.8 Å². The maximum absolute atomic E-state index is 12.2. The van der Waals surface area contributed by atoms with Gasteiger partial charge in [-0.15, -0.1) is 0 Å². The Balaban J connectivity index is 2.25. The monoisotopic (exact) mass is 256 g/mol. The third-order valence-corrected chi connectivity index (χ3v) is 2.71. The topological polar surface area (TPSA) is 66.9 Å². The van der Waals surface area contributed by atoms with E-state index in [4.69, 9.17) is 0 Å². The Morgan fingerprint density at radius 1 is 1.16 bits per heavy atom. The minimum Gasteiger partial charge on any atom is -0.387 e. The molecular formula is C14H16N4O. The van der Waals surface area contributed by atoms with E-state index in [9.17, 15) is 4.79 Å². The second-order valence-electron chi connectivity index (χ2n) is 4.26. The van der Waals surface area contributed by atoms with Crippen LogP contribution >= 0.6 is 0 Å². The molecule has 0 aromatic carbocycles. The zero-order chi connectivity index (χ0) is 13.8. The van der Waals surface area contributed by atoms with Crippen molar-refractivity contribution in [3.05, 3.63) is 47.5 Å². The number of carbonyl (C=O) groups is 1. The van der Waals surface area contributed by atoms with Crippen LogP contribution in [0.25, 0.3) is 0 Å². The number of anilines is 2. The molecule has 2 aromatic rings. The molecule has 0 saturated heterocycles. The molecule has 0 aliphatic heterocycles. The van der Waals surface area contributed by atoms with Gasteiger partial charge in [0.15, 0.2) is 0 Å². The van der Waals surface area contributed by atoms with Crippen LogP contribution in [0.4, 0.5) is 11.4 Å². The second kappa shape index (κ2) is 5.48. The molecule has 2 heterocycles. The van der Waals surface area contributed by atoms with Gasteiger partial charge in [-0.05, 0) is 32.0 Å². The van der Waals surface area contributed by atoms with E-state index in [2.05, 4.69) is 20.6 Å². The summed E-state index contributed by atoms with van der Waals surface area (Å²) < 4.78 is 0.